The Morgan fingerprint density at radius 2 is 2.00 bits per heavy atom. The second kappa shape index (κ2) is 5.99. The van der Waals surface area contributed by atoms with Crippen LogP contribution in [0.15, 0.2) is 34.3 Å². The summed E-state index contributed by atoms with van der Waals surface area (Å²) in [5.74, 6) is -0.829. The van der Waals surface area contributed by atoms with Crippen LogP contribution in [0.4, 0.5) is 0 Å². The van der Waals surface area contributed by atoms with Crippen LogP contribution in [0.3, 0.4) is 0 Å². The minimum atomic E-state index is -4.60. The van der Waals surface area contributed by atoms with E-state index in [0.29, 0.717) is 5.56 Å². The van der Waals surface area contributed by atoms with E-state index in [2.05, 4.69) is 10.0 Å². The number of hydrogen-bond acceptors (Lipinski definition) is 6. The molecule has 0 radical (unpaired) electrons. The molecule has 0 saturated heterocycles. The molecule has 106 valence electrons. The van der Waals surface area contributed by atoms with Crippen molar-refractivity contribution in [3.63, 3.8) is 0 Å². The van der Waals surface area contributed by atoms with E-state index in [9.17, 15) is 23.3 Å². The Kier molecular flexibility index (Phi) is 4.62. The molecule has 2 N–H and O–H groups in total. The largest absolute Gasteiger partial charge is 0.448 e. The second-order valence-corrected chi connectivity index (χ2v) is 5.39. The van der Waals surface area contributed by atoms with Gasteiger partial charge >= 0.3 is 10.0 Å². The molecule has 0 aliphatic heterocycles. The molecule has 0 fully saturated rings. The first-order valence-electron chi connectivity index (χ1n) is 5.11. The normalized spacial score (nSPS) is 12.2. The summed E-state index contributed by atoms with van der Waals surface area (Å²) in [6.07, 6.45) is -0.0296. The topological polar surface area (TPSA) is 169 Å². The zero-order valence-corrected chi connectivity index (χ0v) is 10.7. The summed E-state index contributed by atoms with van der Waals surface area (Å²) in [4.78, 5) is 23.3. The van der Waals surface area contributed by atoms with Crippen LogP contribution in [0.1, 0.15) is 5.56 Å². The molecule has 1 atom stereocenters. The molecule has 1 aromatic carbocycles. The number of amides is 1. The van der Waals surface area contributed by atoms with Crippen molar-refractivity contribution >= 4 is 15.9 Å². The van der Waals surface area contributed by atoms with Crippen molar-refractivity contribution in [2.24, 2.45) is 10.8 Å². The van der Waals surface area contributed by atoms with Gasteiger partial charge in [-0.3, -0.25) is 4.79 Å². The van der Waals surface area contributed by atoms with Crippen molar-refractivity contribution in [3.8, 4) is 0 Å². The van der Waals surface area contributed by atoms with Crippen molar-refractivity contribution in [1.82, 2.24) is 0 Å². The van der Waals surface area contributed by atoms with Crippen LogP contribution in [0.5, 0.6) is 0 Å². The van der Waals surface area contributed by atoms with Crippen LogP contribution < -0.4 is 5.73 Å². The maximum absolute atomic E-state index is 11.2. The van der Waals surface area contributed by atoms with E-state index in [0.717, 1.165) is 12.1 Å². The van der Waals surface area contributed by atoms with Gasteiger partial charge in [-0.1, -0.05) is 17.2 Å². The van der Waals surface area contributed by atoms with Gasteiger partial charge in [-0.2, -0.15) is 8.42 Å². The predicted octanol–water partition coefficient (Wildman–Crippen LogP) is 0.359. The Morgan fingerprint density at radius 3 is 2.40 bits per heavy atom. The molecule has 0 heterocycles. The zero-order valence-electron chi connectivity index (χ0n) is 9.91. The molecule has 1 aromatic rings. The lowest BCUT2D eigenvalue weighted by atomic mass is 10.1. The second-order valence-electron chi connectivity index (χ2n) is 3.67. The highest BCUT2D eigenvalue weighted by Gasteiger charge is 2.26. The van der Waals surface area contributed by atoms with Gasteiger partial charge in [-0.25, -0.2) is 10.1 Å². The third-order valence-electron chi connectivity index (χ3n) is 2.37. The highest BCUT2D eigenvalue weighted by Crippen LogP contribution is 2.14. The Balaban J connectivity index is 3.01. The Bertz CT molecular complexity index is 675. The predicted molar refractivity (Wildman–Crippen MR) is 66.5 cm³/mol. The number of primary amides is 1. The number of carbonyl (C=O) groups excluding carboxylic acids is 1. The smallest absolute Gasteiger partial charge is 0.369 e. The number of azide groups is 1. The Labute approximate surface area is 113 Å². The molecule has 0 spiro atoms. The molecular weight excluding hydrogens is 290 g/mol. The maximum atomic E-state index is 11.2. The van der Waals surface area contributed by atoms with Crippen LogP contribution in [-0.2, 0) is 21.2 Å². The van der Waals surface area contributed by atoms with Crippen molar-refractivity contribution in [2.45, 2.75) is 17.4 Å². The standard InChI is InChI=1S/C9H9N5O5S/c10-9(15)8(12-13-11)5-6-1-3-7(4-2-6)20(18,19)14(16)17/h1-4,8H,5H2,(H2,10,15). The highest BCUT2D eigenvalue weighted by atomic mass is 32.2. The van der Waals surface area contributed by atoms with Gasteiger partial charge in [0.2, 0.25) is 5.91 Å². The van der Waals surface area contributed by atoms with Crippen LogP contribution in [-0.4, -0.2) is 24.7 Å². The fourth-order valence-corrected chi connectivity index (χ4v) is 2.02. The number of nitrogens with zero attached hydrogens (tertiary/aromatic N) is 4. The number of sulfonamides is 1. The summed E-state index contributed by atoms with van der Waals surface area (Å²) in [6.45, 7) is 0. The number of nitrogens with two attached hydrogens (primary N) is 1. The van der Waals surface area contributed by atoms with Crippen molar-refractivity contribution in [1.29, 1.82) is 0 Å². The van der Waals surface area contributed by atoms with E-state index in [1.807, 2.05) is 0 Å². The fraction of sp³-hybridized carbons (Fsp3) is 0.222. The van der Waals surface area contributed by atoms with E-state index < -0.39 is 31.2 Å². The molecule has 10 nitrogen and oxygen atoms in total. The molecule has 11 heteroatoms. The van der Waals surface area contributed by atoms with Crippen LogP contribution in [0, 0.1) is 10.1 Å². The molecule has 1 unspecified atom stereocenters. The van der Waals surface area contributed by atoms with E-state index in [4.69, 9.17) is 11.3 Å². The lowest BCUT2D eigenvalue weighted by molar-refractivity contribution is -0.305. The number of nitro groups is 1. The van der Waals surface area contributed by atoms with Crippen LogP contribution in [0.2, 0.25) is 0 Å². The fourth-order valence-electron chi connectivity index (χ4n) is 1.37. The minimum Gasteiger partial charge on any atom is -0.369 e. The van der Waals surface area contributed by atoms with Gasteiger partial charge in [0.05, 0.1) is 0 Å². The van der Waals surface area contributed by atoms with Gasteiger partial charge in [0.15, 0.2) is 4.33 Å². The first kappa shape index (κ1) is 15.4. The van der Waals surface area contributed by atoms with Crippen molar-refractivity contribution < 1.29 is 17.5 Å². The summed E-state index contributed by atoms with van der Waals surface area (Å²) in [5.41, 5.74) is 13.7. The van der Waals surface area contributed by atoms with Gasteiger partial charge in [0.25, 0.3) is 0 Å². The molecule has 0 aliphatic rings. The number of carbonyl (C=O) groups is 1. The monoisotopic (exact) mass is 299 g/mol. The summed E-state index contributed by atoms with van der Waals surface area (Å²) in [7, 11) is -4.60. The molecular formula is C9H9N5O5S. The maximum Gasteiger partial charge on any atom is 0.448 e. The summed E-state index contributed by atoms with van der Waals surface area (Å²) >= 11 is 0. The third-order valence-corrected chi connectivity index (χ3v) is 3.63. The first-order valence-corrected chi connectivity index (χ1v) is 6.55. The quantitative estimate of drug-likeness (QED) is 0.262. The average Bonchev–Trinajstić information content (AvgIpc) is 2.38. The van der Waals surface area contributed by atoms with E-state index in [1.165, 1.54) is 12.1 Å². The van der Waals surface area contributed by atoms with Gasteiger partial charge in [-0.05, 0) is 29.6 Å². The Morgan fingerprint density at radius 1 is 1.45 bits per heavy atom. The third kappa shape index (κ3) is 3.43. The molecule has 0 aliphatic carbocycles. The summed E-state index contributed by atoms with van der Waals surface area (Å²) in [6, 6.07) is 3.50. The Hall–Kier alpha value is -2.65. The zero-order chi connectivity index (χ0) is 15.3. The summed E-state index contributed by atoms with van der Waals surface area (Å²) in [5, 5.41) is 13.6. The molecule has 0 aromatic heterocycles. The SMILES string of the molecule is [N-]=[N+]=NC(Cc1ccc(S(=O)(=O)[N+](=O)[O-])cc1)C(N)=O. The van der Waals surface area contributed by atoms with Crippen molar-refractivity contribution in [2.75, 3.05) is 0 Å². The van der Waals surface area contributed by atoms with Crippen LogP contribution >= 0.6 is 0 Å². The number of rotatable bonds is 6. The lowest BCUT2D eigenvalue weighted by Crippen LogP contribution is -2.28. The van der Waals surface area contributed by atoms with Gasteiger partial charge < -0.3 is 5.73 Å². The van der Waals surface area contributed by atoms with Gasteiger partial charge in [0, 0.05) is 4.91 Å². The minimum absolute atomic E-state index is 0.0296. The van der Waals surface area contributed by atoms with Gasteiger partial charge in [0.1, 0.15) is 10.9 Å². The number of hydrogen-bond donors (Lipinski definition) is 1. The lowest BCUT2D eigenvalue weighted by Gasteiger charge is -2.06. The van der Waals surface area contributed by atoms with E-state index >= 15 is 0 Å². The molecule has 0 saturated carbocycles. The molecule has 0 bridgehead atoms. The summed E-state index contributed by atoms with van der Waals surface area (Å²) < 4.78 is 21.1. The molecule has 20 heavy (non-hydrogen) atoms. The van der Waals surface area contributed by atoms with Crippen LogP contribution in [0.25, 0.3) is 10.4 Å². The van der Waals surface area contributed by atoms with Gasteiger partial charge in [-0.15, -0.1) is 0 Å². The number of benzene rings is 1. The highest BCUT2D eigenvalue weighted by molar-refractivity contribution is 7.85. The average molecular weight is 299 g/mol. The van der Waals surface area contributed by atoms with Crippen molar-refractivity contribution in [3.05, 3.63) is 50.4 Å². The first-order chi connectivity index (χ1) is 9.28. The molecule has 1 rings (SSSR count). The molecule has 1 amide bonds. The van der Waals surface area contributed by atoms with E-state index in [-0.39, 0.29) is 6.42 Å². The van der Waals surface area contributed by atoms with E-state index in [1.54, 1.807) is 0 Å².